The van der Waals surface area contributed by atoms with E-state index in [0.717, 1.165) is 34.2 Å². The first kappa shape index (κ1) is 17.1. The van der Waals surface area contributed by atoms with Crippen LogP contribution in [-0.4, -0.2) is 25.0 Å². The number of aromatic nitrogens is 4. The molecule has 0 aliphatic carbocycles. The zero-order valence-corrected chi connectivity index (χ0v) is 14.9. The summed E-state index contributed by atoms with van der Waals surface area (Å²) in [6.07, 6.45) is 5.56. The number of amides is 1. The lowest BCUT2D eigenvalue weighted by atomic mass is 10.2. The molecule has 0 saturated heterocycles. The Hall–Kier alpha value is -2.74. The number of pyridine rings is 1. The van der Waals surface area contributed by atoms with Gasteiger partial charge >= 0.3 is 4.87 Å². The fraction of sp³-hybridized carbons (Fsp3) is 0.294. The summed E-state index contributed by atoms with van der Waals surface area (Å²) in [6, 6.07) is 3.78. The molecule has 3 heterocycles. The van der Waals surface area contributed by atoms with E-state index in [-0.39, 0.29) is 17.2 Å². The second kappa shape index (κ2) is 7.43. The molecular weight excluding hydrogens is 338 g/mol. The highest BCUT2D eigenvalue weighted by Crippen LogP contribution is 2.09. The molecule has 0 atom stereocenters. The minimum absolute atomic E-state index is 0.0280. The fourth-order valence-electron chi connectivity index (χ4n) is 2.50. The quantitative estimate of drug-likeness (QED) is 0.729. The van der Waals surface area contributed by atoms with Crippen LogP contribution in [0.2, 0.25) is 0 Å². The van der Waals surface area contributed by atoms with Gasteiger partial charge in [0.25, 0.3) is 0 Å². The first-order chi connectivity index (χ1) is 12.0. The van der Waals surface area contributed by atoms with Crippen LogP contribution in [0.3, 0.4) is 0 Å². The smallest absolute Gasteiger partial charge is 0.307 e. The van der Waals surface area contributed by atoms with Crippen molar-refractivity contribution < 1.29 is 4.79 Å². The van der Waals surface area contributed by atoms with E-state index >= 15 is 0 Å². The highest BCUT2D eigenvalue weighted by Gasteiger charge is 2.07. The van der Waals surface area contributed by atoms with E-state index in [1.807, 2.05) is 36.7 Å². The summed E-state index contributed by atoms with van der Waals surface area (Å²) in [5.41, 5.74) is 1.84. The average molecular weight is 357 g/mol. The maximum absolute atomic E-state index is 12.0. The summed E-state index contributed by atoms with van der Waals surface area (Å²) >= 11 is 1.16. The van der Waals surface area contributed by atoms with Crippen LogP contribution in [-0.2, 0) is 17.9 Å². The van der Waals surface area contributed by atoms with E-state index in [2.05, 4.69) is 15.3 Å². The van der Waals surface area contributed by atoms with Crippen molar-refractivity contribution in [2.24, 2.45) is 0 Å². The van der Waals surface area contributed by atoms with Crippen molar-refractivity contribution in [1.82, 2.24) is 24.4 Å². The lowest BCUT2D eigenvalue weighted by Gasteiger charge is -2.09. The number of hydrogen-bond acceptors (Lipinski definition) is 5. The van der Waals surface area contributed by atoms with Crippen LogP contribution in [0.5, 0.6) is 0 Å². The number of carbonyl (C=O) groups excluding carboxylic acids is 1. The Kier molecular flexibility index (Phi) is 5.08. The van der Waals surface area contributed by atoms with Gasteiger partial charge in [0.1, 0.15) is 11.6 Å². The fourth-order valence-corrected chi connectivity index (χ4v) is 3.26. The lowest BCUT2D eigenvalue weighted by molar-refractivity contribution is -0.121. The van der Waals surface area contributed by atoms with Gasteiger partial charge in [-0.2, -0.15) is 0 Å². The molecule has 3 rings (SSSR count). The molecule has 0 saturated carbocycles. The van der Waals surface area contributed by atoms with Crippen LogP contribution >= 0.6 is 11.3 Å². The summed E-state index contributed by atoms with van der Waals surface area (Å²) in [5, 5.41) is 4.69. The van der Waals surface area contributed by atoms with Gasteiger partial charge in [0.15, 0.2) is 0 Å². The van der Waals surface area contributed by atoms with E-state index in [0.29, 0.717) is 13.1 Å². The highest BCUT2D eigenvalue weighted by molar-refractivity contribution is 7.07. The minimum Gasteiger partial charge on any atom is -0.352 e. The molecular formula is C17H19N5O2S. The van der Waals surface area contributed by atoms with Crippen LogP contribution < -0.4 is 10.2 Å². The zero-order valence-electron chi connectivity index (χ0n) is 14.1. The van der Waals surface area contributed by atoms with Crippen LogP contribution in [0.25, 0.3) is 5.82 Å². The topological polar surface area (TPSA) is 81.8 Å². The van der Waals surface area contributed by atoms with E-state index in [9.17, 15) is 9.59 Å². The first-order valence-electron chi connectivity index (χ1n) is 7.91. The van der Waals surface area contributed by atoms with Crippen LogP contribution in [0.4, 0.5) is 0 Å². The number of nitrogens with zero attached hydrogens (tertiary/aromatic N) is 4. The Bertz CT molecular complexity index is 940. The van der Waals surface area contributed by atoms with E-state index in [4.69, 9.17) is 0 Å². The molecule has 0 aromatic carbocycles. The molecule has 0 unspecified atom stereocenters. The predicted octanol–water partition coefficient (Wildman–Crippen LogP) is 1.81. The molecule has 0 radical (unpaired) electrons. The van der Waals surface area contributed by atoms with Gasteiger partial charge in [-0.25, -0.2) is 9.97 Å². The van der Waals surface area contributed by atoms with Gasteiger partial charge in [-0.05, 0) is 31.5 Å². The summed E-state index contributed by atoms with van der Waals surface area (Å²) in [6.45, 7) is 4.59. The molecule has 130 valence electrons. The predicted molar refractivity (Wildman–Crippen MR) is 95.9 cm³/mol. The van der Waals surface area contributed by atoms with Gasteiger partial charge in [0, 0.05) is 49.2 Å². The number of aryl methyl sites for hydroxylation is 2. The normalized spacial score (nSPS) is 10.8. The molecule has 1 N–H and O–H groups in total. The monoisotopic (exact) mass is 357 g/mol. The highest BCUT2D eigenvalue weighted by atomic mass is 32.1. The first-order valence-corrected chi connectivity index (χ1v) is 8.79. The number of hydrogen-bond donors (Lipinski definition) is 1. The summed E-state index contributed by atoms with van der Waals surface area (Å²) in [4.78, 5) is 32.2. The molecule has 1 amide bonds. The van der Waals surface area contributed by atoms with Gasteiger partial charge in [0.2, 0.25) is 5.91 Å². The van der Waals surface area contributed by atoms with E-state index < -0.39 is 0 Å². The van der Waals surface area contributed by atoms with Gasteiger partial charge in [-0.15, -0.1) is 0 Å². The Morgan fingerprint density at radius 3 is 2.80 bits per heavy atom. The summed E-state index contributed by atoms with van der Waals surface area (Å²) in [5.74, 6) is 1.53. The van der Waals surface area contributed by atoms with Crippen LogP contribution in [0, 0.1) is 13.8 Å². The summed E-state index contributed by atoms with van der Waals surface area (Å²) < 4.78 is 3.51. The molecule has 0 spiro atoms. The zero-order chi connectivity index (χ0) is 17.8. The largest absolute Gasteiger partial charge is 0.352 e. The van der Waals surface area contributed by atoms with E-state index in [1.165, 1.54) is 0 Å². The SMILES string of the molecule is Cc1nccn1-c1cc(CNC(=O)CCn2c(C)csc2=O)ccn1. The second-order valence-electron chi connectivity index (χ2n) is 5.69. The van der Waals surface area contributed by atoms with Crippen molar-refractivity contribution in [1.29, 1.82) is 0 Å². The van der Waals surface area contributed by atoms with Crippen molar-refractivity contribution in [3.8, 4) is 5.82 Å². The second-order valence-corrected chi connectivity index (χ2v) is 6.51. The molecule has 7 nitrogen and oxygen atoms in total. The summed E-state index contributed by atoms with van der Waals surface area (Å²) in [7, 11) is 0. The number of rotatable bonds is 6. The number of thiazole rings is 1. The third kappa shape index (κ3) is 4.03. The molecule has 8 heteroatoms. The maximum atomic E-state index is 12.0. The Morgan fingerprint density at radius 2 is 2.12 bits per heavy atom. The third-order valence-electron chi connectivity index (χ3n) is 3.91. The van der Waals surface area contributed by atoms with E-state index in [1.54, 1.807) is 22.3 Å². The molecule has 3 aromatic rings. The molecule has 3 aromatic heterocycles. The molecule has 0 bridgehead atoms. The minimum atomic E-state index is -0.0883. The van der Waals surface area contributed by atoms with Crippen molar-refractivity contribution in [3.63, 3.8) is 0 Å². The Labute approximate surface area is 149 Å². The van der Waals surface area contributed by atoms with Gasteiger partial charge in [0.05, 0.1) is 0 Å². The van der Waals surface area contributed by atoms with Gasteiger partial charge in [-0.1, -0.05) is 11.3 Å². The maximum Gasteiger partial charge on any atom is 0.307 e. The number of imidazole rings is 1. The van der Waals surface area contributed by atoms with Crippen LogP contribution in [0.15, 0.2) is 40.9 Å². The van der Waals surface area contributed by atoms with Crippen molar-refractivity contribution in [3.05, 3.63) is 62.9 Å². The Morgan fingerprint density at radius 1 is 1.28 bits per heavy atom. The number of carbonyl (C=O) groups is 1. The molecule has 25 heavy (non-hydrogen) atoms. The van der Waals surface area contributed by atoms with Crippen molar-refractivity contribution >= 4 is 17.2 Å². The van der Waals surface area contributed by atoms with Crippen LogP contribution in [0.1, 0.15) is 23.5 Å². The molecule has 0 aliphatic rings. The average Bonchev–Trinajstić information content (AvgIpc) is 3.17. The third-order valence-corrected chi connectivity index (χ3v) is 4.79. The lowest BCUT2D eigenvalue weighted by Crippen LogP contribution is -2.26. The van der Waals surface area contributed by atoms with Crippen molar-refractivity contribution in [2.75, 3.05) is 0 Å². The van der Waals surface area contributed by atoms with Crippen molar-refractivity contribution in [2.45, 2.75) is 33.4 Å². The molecule has 0 aliphatic heterocycles. The molecule has 0 fully saturated rings. The van der Waals surface area contributed by atoms with Gasteiger partial charge in [-0.3, -0.25) is 14.2 Å². The van der Waals surface area contributed by atoms with Gasteiger partial charge < -0.3 is 9.88 Å². The Balaban J connectivity index is 1.57. The number of nitrogens with one attached hydrogen (secondary N) is 1. The standard InChI is InChI=1S/C17H19N5O2S/c1-12-11-25-17(24)21(12)7-4-16(23)20-10-14-3-5-19-15(9-14)22-8-6-18-13(22)2/h3,5-6,8-9,11H,4,7,10H2,1-2H3,(H,20,23).